The molecule has 2 aromatic rings. The number of aryl methyl sites for hydroxylation is 2. The standard InChI is InChI=1S/C28H38FN3O2/c1-6-8-23(27(34)32-20(5)26(33)21-10-9-18(3)24(29)17-21)28(14-15-28)13-11-25(30-7-2)22-12-16-31-19(22)4/h7,9-10,12,16-17,20,23,26,31,33H,2,6,8,11,13-15H2,1,3-5H3,(H,32,34)/b30-25-/t20?,23-,26-/m1/s1. The van der Waals surface area contributed by atoms with Gasteiger partial charge in [0.15, 0.2) is 0 Å². The number of nitrogens with zero attached hydrogens (tertiary/aromatic N) is 1. The highest BCUT2D eigenvalue weighted by Gasteiger charge is 2.51. The third-order valence-corrected chi connectivity index (χ3v) is 7.28. The molecule has 0 bridgehead atoms. The first-order valence-corrected chi connectivity index (χ1v) is 12.3. The quantitative estimate of drug-likeness (QED) is 0.339. The molecule has 1 saturated carbocycles. The summed E-state index contributed by atoms with van der Waals surface area (Å²) < 4.78 is 14.0. The molecule has 0 saturated heterocycles. The van der Waals surface area contributed by atoms with Gasteiger partial charge in [-0.15, -0.1) is 0 Å². The number of aliphatic imine (C=N–C) groups is 1. The summed E-state index contributed by atoms with van der Waals surface area (Å²) >= 11 is 0. The van der Waals surface area contributed by atoms with Gasteiger partial charge in [0.25, 0.3) is 0 Å². The number of carbonyl (C=O) groups is 1. The summed E-state index contributed by atoms with van der Waals surface area (Å²) in [6.07, 6.45) is 7.90. The number of aliphatic hydroxyl groups excluding tert-OH is 1. The van der Waals surface area contributed by atoms with Crippen LogP contribution in [0.4, 0.5) is 4.39 Å². The number of amides is 1. The maximum atomic E-state index is 14.0. The molecule has 1 fully saturated rings. The molecule has 184 valence electrons. The van der Waals surface area contributed by atoms with Crippen LogP contribution in [0.25, 0.3) is 0 Å². The van der Waals surface area contributed by atoms with Crippen molar-refractivity contribution in [3.8, 4) is 0 Å². The van der Waals surface area contributed by atoms with Gasteiger partial charge in [0.05, 0.1) is 12.1 Å². The molecule has 34 heavy (non-hydrogen) atoms. The first-order chi connectivity index (χ1) is 16.2. The molecule has 3 rings (SSSR count). The number of nitrogens with one attached hydrogen (secondary N) is 2. The highest BCUT2D eigenvalue weighted by molar-refractivity contribution is 6.02. The second kappa shape index (κ2) is 11.1. The van der Waals surface area contributed by atoms with Crippen molar-refractivity contribution in [3.63, 3.8) is 0 Å². The zero-order chi connectivity index (χ0) is 24.9. The van der Waals surface area contributed by atoms with E-state index in [0.29, 0.717) is 11.1 Å². The largest absolute Gasteiger partial charge is 0.386 e. The van der Waals surface area contributed by atoms with E-state index in [9.17, 15) is 14.3 Å². The first kappa shape index (κ1) is 25.9. The average molecular weight is 468 g/mol. The number of aliphatic hydroxyl groups is 1. The highest BCUT2D eigenvalue weighted by atomic mass is 19.1. The molecule has 1 aliphatic carbocycles. The van der Waals surface area contributed by atoms with Crippen LogP contribution in [-0.2, 0) is 4.79 Å². The van der Waals surface area contributed by atoms with Gasteiger partial charge in [-0.25, -0.2) is 4.39 Å². The Labute approximate surface area is 202 Å². The molecule has 3 N–H and O–H groups in total. The zero-order valence-corrected chi connectivity index (χ0v) is 20.8. The van der Waals surface area contributed by atoms with E-state index < -0.39 is 12.1 Å². The molecule has 0 aliphatic heterocycles. The second-order valence-corrected chi connectivity index (χ2v) is 9.73. The van der Waals surface area contributed by atoms with Crippen molar-refractivity contribution in [1.29, 1.82) is 0 Å². The van der Waals surface area contributed by atoms with Crippen molar-refractivity contribution < 1.29 is 14.3 Å². The molecule has 6 heteroatoms. The fraction of sp³-hybridized carbons (Fsp3) is 0.500. The van der Waals surface area contributed by atoms with E-state index in [-0.39, 0.29) is 23.1 Å². The monoisotopic (exact) mass is 467 g/mol. The SMILES string of the molecule is C=C/N=C(/CCC1([C@H](CCC)C(=O)NC(C)[C@@H](O)c2ccc(C)c(F)c2)CC1)c1cc[nH]c1C. The lowest BCUT2D eigenvalue weighted by molar-refractivity contribution is -0.129. The van der Waals surface area contributed by atoms with E-state index in [1.54, 1.807) is 32.2 Å². The number of carbonyl (C=O) groups excluding carboxylic acids is 1. The Balaban J connectivity index is 1.69. The van der Waals surface area contributed by atoms with Gasteiger partial charge in [-0.1, -0.05) is 32.1 Å². The molecule has 1 aromatic heterocycles. The average Bonchev–Trinajstić information content (AvgIpc) is 3.48. The van der Waals surface area contributed by atoms with Gasteiger partial charge in [-0.3, -0.25) is 9.79 Å². The summed E-state index contributed by atoms with van der Waals surface area (Å²) in [7, 11) is 0. The van der Waals surface area contributed by atoms with Crippen molar-refractivity contribution in [2.24, 2.45) is 16.3 Å². The summed E-state index contributed by atoms with van der Waals surface area (Å²) in [5.74, 6) is -0.511. The highest BCUT2D eigenvalue weighted by Crippen LogP contribution is 2.57. The predicted molar refractivity (Wildman–Crippen MR) is 135 cm³/mol. The smallest absolute Gasteiger partial charge is 0.223 e. The van der Waals surface area contributed by atoms with Crippen LogP contribution < -0.4 is 5.32 Å². The predicted octanol–water partition coefficient (Wildman–Crippen LogP) is 5.92. The molecular weight excluding hydrogens is 429 g/mol. The summed E-state index contributed by atoms with van der Waals surface area (Å²) in [5.41, 5.74) is 4.10. The minimum Gasteiger partial charge on any atom is -0.386 e. The second-order valence-electron chi connectivity index (χ2n) is 9.73. The van der Waals surface area contributed by atoms with Gasteiger partial charge in [-0.05, 0) is 81.5 Å². The molecule has 1 amide bonds. The summed E-state index contributed by atoms with van der Waals surface area (Å²) in [5, 5.41) is 13.8. The third kappa shape index (κ3) is 5.84. The van der Waals surface area contributed by atoms with E-state index >= 15 is 0 Å². The normalized spacial score (nSPS) is 17.6. The minimum atomic E-state index is -0.973. The van der Waals surface area contributed by atoms with E-state index in [1.807, 2.05) is 19.2 Å². The minimum absolute atomic E-state index is 0.0291. The zero-order valence-electron chi connectivity index (χ0n) is 20.8. The number of aromatic amines is 1. The Morgan fingerprint density at radius 3 is 2.65 bits per heavy atom. The Bertz CT molecular complexity index is 1040. The van der Waals surface area contributed by atoms with Crippen molar-refractivity contribution in [2.75, 3.05) is 0 Å². The molecule has 1 unspecified atom stereocenters. The first-order valence-electron chi connectivity index (χ1n) is 12.3. The summed E-state index contributed by atoms with van der Waals surface area (Å²) in [6.45, 7) is 11.3. The third-order valence-electron chi connectivity index (χ3n) is 7.28. The van der Waals surface area contributed by atoms with Gasteiger partial charge >= 0.3 is 0 Å². The topological polar surface area (TPSA) is 77.5 Å². The van der Waals surface area contributed by atoms with Crippen LogP contribution >= 0.6 is 0 Å². The van der Waals surface area contributed by atoms with Gasteiger partial charge < -0.3 is 15.4 Å². The fourth-order valence-corrected chi connectivity index (χ4v) is 4.93. The van der Waals surface area contributed by atoms with Crippen LogP contribution in [0.5, 0.6) is 0 Å². The fourth-order valence-electron chi connectivity index (χ4n) is 4.93. The van der Waals surface area contributed by atoms with E-state index in [4.69, 9.17) is 0 Å². The lowest BCUT2D eigenvalue weighted by Crippen LogP contribution is -2.43. The van der Waals surface area contributed by atoms with Crippen LogP contribution in [0.1, 0.15) is 80.9 Å². The maximum absolute atomic E-state index is 14.0. The van der Waals surface area contributed by atoms with Crippen LogP contribution in [0, 0.1) is 31.0 Å². The van der Waals surface area contributed by atoms with Crippen molar-refractivity contribution in [1.82, 2.24) is 10.3 Å². The van der Waals surface area contributed by atoms with E-state index in [0.717, 1.165) is 55.5 Å². The van der Waals surface area contributed by atoms with Gasteiger partial charge in [-0.2, -0.15) is 0 Å². The van der Waals surface area contributed by atoms with Crippen molar-refractivity contribution >= 4 is 11.6 Å². The Hall–Kier alpha value is -2.73. The lowest BCUT2D eigenvalue weighted by atomic mass is 9.80. The number of rotatable bonds is 12. The number of hydrogen-bond donors (Lipinski definition) is 3. The van der Waals surface area contributed by atoms with Crippen LogP contribution in [0.3, 0.4) is 0 Å². The van der Waals surface area contributed by atoms with Crippen molar-refractivity contribution in [3.05, 3.63) is 71.4 Å². The van der Waals surface area contributed by atoms with Gasteiger partial charge in [0.2, 0.25) is 5.91 Å². The summed E-state index contributed by atoms with van der Waals surface area (Å²) in [4.78, 5) is 21.1. The molecule has 3 atom stereocenters. The van der Waals surface area contributed by atoms with E-state index in [2.05, 4.69) is 28.8 Å². The Kier molecular flexibility index (Phi) is 8.47. The number of benzene rings is 1. The molecule has 0 spiro atoms. The molecule has 5 nitrogen and oxygen atoms in total. The lowest BCUT2D eigenvalue weighted by Gasteiger charge is -2.29. The molecule has 1 aliphatic rings. The Morgan fingerprint density at radius 1 is 1.35 bits per heavy atom. The Morgan fingerprint density at radius 2 is 2.09 bits per heavy atom. The van der Waals surface area contributed by atoms with Crippen LogP contribution in [-0.4, -0.2) is 27.8 Å². The van der Waals surface area contributed by atoms with Crippen LogP contribution in [0.15, 0.2) is 48.2 Å². The molecule has 1 aromatic carbocycles. The van der Waals surface area contributed by atoms with Gasteiger partial charge in [0.1, 0.15) is 5.82 Å². The van der Waals surface area contributed by atoms with Crippen molar-refractivity contribution in [2.45, 2.75) is 78.4 Å². The number of hydrogen-bond acceptors (Lipinski definition) is 3. The molecule has 1 heterocycles. The maximum Gasteiger partial charge on any atom is 0.223 e. The summed E-state index contributed by atoms with van der Waals surface area (Å²) in [6, 6.07) is 6.21. The number of aromatic nitrogens is 1. The van der Waals surface area contributed by atoms with Crippen LogP contribution in [0.2, 0.25) is 0 Å². The number of H-pyrrole nitrogens is 1. The van der Waals surface area contributed by atoms with Gasteiger partial charge in [0, 0.05) is 35.3 Å². The number of halogens is 1. The molecule has 0 radical (unpaired) electrons. The van der Waals surface area contributed by atoms with E-state index in [1.165, 1.54) is 6.07 Å². The molecular formula is C28H38FN3O2.